The van der Waals surface area contributed by atoms with Gasteiger partial charge >= 0.3 is 11.9 Å². The Morgan fingerprint density at radius 2 is 1.65 bits per heavy atom. The van der Waals surface area contributed by atoms with Crippen LogP contribution < -0.4 is 0 Å². The van der Waals surface area contributed by atoms with E-state index in [1.807, 2.05) is 6.07 Å². The minimum Gasteiger partial charge on any atom is -0.465 e. The zero-order valence-corrected chi connectivity index (χ0v) is 12.2. The van der Waals surface area contributed by atoms with E-state index >= 15 is 0 Å². The maximum atomic E-state index is 12.1. The van der Waals surface area contributed by atoms with Gasteiger partial charge in [-0.15, -0.1) is 0 Å². The first kappa shape index (κ1) is 16.2. The molecule has 0 aliphatic heterocycles. The first-order valence-electron chi connectivity index (χ1n) is 6.60. The first-order valence-corrected chi connectivity index (χ1v) is 6.60. The van der Waals surface area contributed by atoms with Gasteiger partial charge in [0.2, 0.25) is 0 Å². The summed E-state index contributed by atoms with van der Waals surface area (Å²) in [5.41, 5.74) is 0.211. The van der Waals surface area contributed by atoms with Crippen molar-refractivity contribution in [2.45, 2.75) is 6.61 Å². The zero-order chi connectivity index (χ0) is 16.8. The summed E-state index contributed by atoms with van der Waals surface area (Å²) in [7, 11) is 1.15. The van der Waals surface area contributed by atoms with E-state index in [1.165, 1.54) is 6.07 Å². The quantitative estimate of drug-likeness (QED) is 0.478. The van der Waals surface area contributed by atoms with Gasteiger partial charge in [-0.25, -0.2) is 9.59 Å². The van der Waals surface area contributed by atoms with Crippen molar-refractivity contribution in [3.63, 3.8) is 0 Å². The van der Waals surface area contributed by atoms with Crippen molar-refractivity contribution in [1.29, 1.82) is 0 Å². The summed E-state index contributed by atoms with van der Waals surface area (Å²) >= 11 is 0. The van der Waals surface area contributed by atoms with E-state index in [9.17, 15) is 19.7 Å². The van der Waals surface area contributed by atoms with E-state index in [0.29, 0.717) is 0 Å². The predicted molar refractivity (Wildman–Crippen MR) is 80.0 cm³/mol. The second-order valence-electron chi connectivity index (χ2n) is 4.58. The van der Waals surface area contributed by atoms with Gasteiger partial charge in [-0.2, -0.15) is 0 Å². The number of rotatable bonds is 5. The van der Waals surface area contributed by atoms with Gasteiger partial charge in [-0.3, -0.25) is 10.1 Å². The molecule has 0 bridgehead atoms. The third-order valence-corrected chi connectivity index (χ3v) is 3.00. The summed E-state index contributed by atoms with van der Waals surface area (Å²) in [4.78, 5) is 33.8. The molecular formula is C16H13NO6. The summed E-state index contributed by atoms with van der Waals surface area (Å²) in [6.45, 7) is 0.0237. The van der Waals surface area contributed by atoms with E-state index in [0.717, 1.165) is 24.8 Å². The van der Waals surface area contributed by atoms with Crippen molar-refractivity contribution in [3.8, 4) is 0 Å². The highest BCUT2D eigenvalue weighted by Gasteiger charge is 2.19. The lowest BCUT2D eigenvalue weighted by atomic mass is 10.1. The van der Waals surface area contributed by atoms with Crippen LogP contribution in [0.1, 0.15) is 26.3 Å². The van der Waals surface area contributed by atoms with Crippen LogP contribution in [0.3, 0.4) is 0 Å². The standard InChI is InChI=1S/C16H13NO6/c1-22-15(18)12-7-13(9-14(8-12)17(20)21)16(19)23-10-11-5-3-2-4-6-11/h2-9H,10H2,1H3. The molecule has 0 aliphatic carbocycles. The van der Waals surface area contributed by atoms with Crippen LogP contribution in [0, 0.1) is 10.1 Å². The van der Waals surface area contributed by atoms with Crippen LogP contribution in [0.2, 0.25) is 0 Å². The molecule has 0 atom stereocenters. The molecule has 2 rings (SSSR count). The highest BCUT2D eigenvalue weighted by molar-refractivity contribution is 5.96. The molecule has 7 nitrogen and oxygen atoms in total. The largest absolute Gasteiger partial charge is 0.465 e. The number of non-ortho nitro benzene ring substituents is 1. The lowest BCUT2D eigenvalue weighted by Crippen LogP contribution is -2.09. The average Bonchev–Trinajstić information content (AvgIpc) is 2.59. The number of benzene rings is 2. The van der Waals surface area contributed by atoms with Crippen molar-refractivity contribution in [1.82, 2.24) is 0 Å². The molecule has 0 spiro atoms. The van der Waals surface area contributed by atoms with Crippen molar-refractivity contribution in [2.75, 3.05) is 7.11 Å². The topological polar surface area (TPSA) is 95.7 Å². The fourth-order valence-corrected chi connectivity index (χ4v) is 1.88. The van der Waals surface area contributed by atoms with E-state index in [4.69, 9.17) is 4.74 Å². The number of carbonyl (C=O) groups is 2. The molecule has 7 heteroatoms. The summed E-state index contributed by atoms with van der Waals surface area (Å²) in [6.07, 6.45) is 0. The third-order valence-electron chi connectivity index (χ3n) is 3.00. The van der Waals surface area contributed by atoms with Gasteiger partial charge in [0.1, 0.15) is 6.61 Å². The molecule has 0 saturated heterocycles. The van der Waals surface area contributed by atoms with E-state index in [2.05, 4.69) is 4.74 Å². The second kappa shape index (κ2) is 7.17. The Bertz CT molecular complexity index is 741. The van der Waals surface area contributed by atoms with Crippen LogP contribution in [0.5, 0.6) is 0 Å². The second-order valence-corrected chi connectivity index (χ2v) is 4.58. The molecule has 0 N–H and O–H groups in total. The first-order chi connectivity index (χ1) is 11.0. The fraction of sp³-hybridized carbons (Fsp3) is 0.125. The van der Waals surface area contributed by atoms with Crippen LogP contribution in [0.15, 0.2) is 48.5 Å². The molecule has 118 valence electrons. The van der Waals surface area contributed by atoms with Crippen molar-refractivity contribution < 1.29 is 24.0 Å². The monoisotopic (exact) mass is 315 g/mol. The molecule has 0 heterocycles. The number of esters is 2. The highest BCUT2D eigenvalue weighted by Crippen LogP contribution is 2.19. The Balaban J connectivity index is 2.23. The van der Waals surface area contributed by atoms with Crippen molar-refractivity contribution in [2.24, 2.45) is 0 Å². The Morgan fingerprint density at radius 1 is 1.04 bits per heavy atom. The Labute approximate surface area is 131 Å². The third kappa shape index (κ3) is 4.13. The molecule has 2 aromatic carbocycles. The van der Waals surface area contributed by atoms with Gasteiger partial charge in [-0.1, -0.05) is 30.3 Å². The fourth-order valence-electron chi connectivity index (χ4n) is 1.88. The molecular weight excluding hydrogens is 302 g/mol. The normalized spacial score (nSPS) is 9.96. The lowest BCUT2D eigenvalue weighted by molar-refractivity contribution is -0.384. The Kier molecular flexibility index (Phi) is 5.03. The molecule has 0 aliphatic rings. The number of ether oxygens (including phenoxy) is 2. The number of hydrogen-bond acceptors (Lipinski definition) is 6. The maximum Gasteiger partial charge on any atom is 0.338 e. The van der Waals surface area contributed by atoms with Crippen LogP contribution >= 0.6 is 0 Å². The van der Waals surface area contributed by atoms with Gasteiger partial charge in [-0.05, 0) is 11.6 Å². The van der Waals surface area contributed by atoms with Crippen LogP contribution in [-0.2, 0) is 16.1 Å². The zero-order valence-electron chi connectivity index (χ0n) is 12.2. The predicted octanol–water partition coefficient (Wildman–Crippen LogP) is 2.74. The maximum absolute atomic E-state index is 12.1. The SMILES string of the molecule is COC(=O)c1cc(C(=O)OCc2ccccc2)cc([N+](=O)[O-])c1. The van der Waals surface area contributed by atoms with Gasteiger partial charge in [0.15, 0.2) is 0 Å². The average molecular weight is 315 g/mol. The van der Waals surface area contributed by atoms with E-state index in [-0.39, 0.29) is 23.4 Å². The number of methoxy groups -OCH3 is 1. The Hall–Kier alpha value is -3.22. The number of nitro groups is 1. The van der Waals surface area contributed by atoms with Gasteiger partial charge in [0, 0.05) is 12.1 Å². The number of hydrogen-bond donors (Lipinski definition) is 0. The number of carbonyl (C=O) groups excluding carboxylic acids is 2. The molecule has 0 unspecified atom stereocenters. The van der Waals surface area contributed by atoms with Gasteiger partial charge < -0.3 is 9.47 Å². The number of nitro benzene ring substituents is 1. The van der Waals surface area contributed by atoms with Crippen LogP contribution in [0.4, 0.5) is 5.69 Å². The van der Waals surface area contributed by atoms with Crippen LogP contribution in [0.25, 0.3) is 0 Å². The minimum absolute atomic E-state index is 0.0237. The summed E-state index contributed by atoms with van der Waals surface area (Å²) in [6, 6.07) is 12.3. The van der Waals surface area contributed by atoms with Gasteiger partial charge in [0.05, 0.1) is 23.2 Å². The van der Waals surface area contributed by atoms with E-state index in [1.54, 1.807) is 24.3 Å². The molecule has 0 amide bonds. The molecule has 0 fully saturated rings. The summed E-state index contributed by atoms with van der Waals surface area (Å²) in [5, 5.41) is 10.9. The molecule has 0 aromatic heterocycles. The summed E-state index contributed by atoms with van der Waals surface area (Å²) in [5.74, 6) is -1.53. The van der Waals surface area contributed by atoms with E-state index < -0.39 is 16.9 Å². The number of nitrogens with zero attached hydrogens (tertiary/aromatic N) is 1. The van der Waals surface area contributed by atoms with Crippen molar-refractivity contribution >= 4 is 17.6 Å². The van der Waals surface area contributed by atoms with Crippen LogP contribution in [-0.4, -0.2) is 24.0 Å². The lowest BCUT2D eigenvalue weighted by Gasteiger charge is -2.06. The minimum atomic E-state index is -0.772. The van der Waals surface area contributed by atoms with Gasteiger partial charge in [0.25, 0.3) is 5.69 Å². The molecule has 0 radical (unpaired) electrons. The molecule has 23 heavy (non-hydrogen) atoms. The molecule has 0 saturated carbocycles. The summed E-state index contributed by atoms with van der Waals surface area (Å²) < 4.78 is 9.62. The van der Waals surface area contributed by atoms with Crippen molar-refractivity contribution in [3.05, 3.63) is 75.3 Å². The Morgan fingerprint density at radius 3 is 2.22 bits per heavy atom. The highest BCUT2D eigenvalue weighted by atomic mass is 16.6. The smallest absolute Gasteiger partial charge is 0.338 e. The molecule has 2 aromatic rings.